The van der Waals surface area contributed by atoms with Crippen molar-refractivity contribution in [3.63, 3.8) is 0 Å². The Morgan fingerprint density at radius 3 is 1.42 bits per heavy atom. The Morgan fingerprint density at radius 2 is 1.00 bits per heavy atom. The second-order valence-corrected chi connectivity index (χ2v) is 6.71. The first kappa shape index (κ1) is 24.9. The van der Waals surface area contributed by atoms with E-state index in [9.17, 15) is 52.7 Å². The molecule has 0 saturated heterocycles. The molecule has 0 spiro atoms. The number of alkyl halides is 12. The molecular formula is C19H12F12. The minimum absolute atomic E-state index is 0.169. The Balaban J connectivity index is 2.66. The van der Waals surface area contributed by atoms with Crippen LogP contribution in [0.1, 0.15) is 46.2 Å². The van der Waals surface area contributed by atoms with Crippen LogP contribution in [0, 0.1) is 0 Å². The summed E-state index contributed by atoms with van der Waals surface area (Å²) in [6, 6.07) is 2.95. The molecule has 12 heteroatoms. The first-order valence-corrected chi connectivity index (χ1v) is 8.38. The normalized spacial score (nSPS) is 14.6. The number of hydrogen-bond acceptors (Lipinski definition) is 0. The van der Waals surface area contributed by atoms with Crippen LogP contribution in [0.5, 0.6) is 0 Å². The SMILES string of the molecule is CC(Cc1cccc(C(F)(F)F)c1C(F)(F)F)c1cccc(C(F)(F)F)c1C(F)(F)F. The van der Waals surface area contributed by atoms with Crippen molar-refractivity contribution >= 4 is 0 Å². The molecule has 0 radical (unpaired) electrons. The maximum atomic E-state index is 13.4. The van der Waals surface area contributed by atoms with Crippen LogP contribution in [0.15, 0.2) is 36.4 Å². The molecule has 0 aliphatic carbocycles. The smallest absolute Gasteiger partial charge is 0.166 e. The molecule has 0 amide bonds. The van der Waals surface area contributed by atoms with Gasteiger partial charge in [0, 0.05) is 0 Å². The summed E-state index contributed by atoms with van der Waals surface area (Å²) in [5.41, 5.74) is -10.2. The van der Waals surface area contributed by atoms with Crippen LogP contribution in [0.2, 0.25) is 0 Å². The Morgan fingerprint density at radius 1 is 0.581 bits per heavy atom. The highest BCUT2D eigenvalue weighted by atomic mass is 19.4. The summed E-state index contributed by atoms with van der Waals surface area (Å²) in [6.45, 7) is 0.908. The molecule has 0 fully saturated rings. The largest absolute Gasteiger partial charge is 0.417 e. The fraction of sp³-hybridized carbons (Fsp3) is 0.368. The first-order valence-electron chi connectivity index (χ1n) is 8.38. The van der Waals surface area contributed by atoms with Crippen LogP contribution < -0.4 is 0 Å². The van der Waals surface area contributed by atoms with Crippen LogP contribution in [-0.4, -0.2) is 0 Å². The van der Waals surface area contributed by atoms with Gasteiger partial charge in [0.1, 0.15) is 0 Å². The second kappa shape index (κ2) is 7.94. The zero-order valence-corrected chi connectivity index (χ0v) is 15.3. The summed E-state index contributed by atoms with van der Waals surface area (Å²) in [5, 5.41) is 0. The van der Waals surface area contributed by atoms with Crippen LogP contribution in [0.25, 0.3) is 0 Å². The Hall–Kier alpha value is -2.40. The van der Waals surface area contributed by atoms with Crippen LogP contribution in [-0.2, 0) is 31.1 Å². The van der Waals surface area contributed by atoms with Gasteiger partial charge in [0.25, 0.3) is 0 Å². The molecule has 31 heavy (non-hydrogen) atoms. The van der Waals surface area contributed by atoms with Gasteiger partial charge in [0.15, 0.2) is 0 Å². The van der Waals surface area contributed by atoms with Gasteiger partial charge in [0.2, 0.25) is 0 Å². The monoisotopic (exact) mass is 468 g/mol. The summed E-state index contributed by atoms with van der Waals surface area (Å²) in [4.78, 5) is 0. The fourth-order valence-corrected chi connectivity index (χ4v) is 3.31. The molecule has 0 aromatic heterocycles. The Labute approximate surface area is 167 Å². The highest BCUT2D eigenvalue weighted by molar-refractivity contribution is 5.44. The van der Waals surface area contributed by atoms with Gasteiger partial charge in [-0.15, -0.1) is 0 Å². The molecule has 0 aliphatic rings. The van der Waals surface area contributed by atoms with Gasteiger partial charge >= 0.3 is 24.7 Å². The predicted octanol–water partition coefficient (Wildman–Crippen LogP) is 8.11. The van der Waals surface area contributed by atoms with Crippen LogP contribution >= 0.6 is 0 Å². The van der Waals surface area contributed by atoms with E-state index in [4.69, 9.17) is 0 Å². The highest BCUT2D eigenvalue weighted by Gasteiger charge is 2.47. The van der Waals surface area contributed by atoms with E-state index in [0.717, 1.165) is 6.92 Å². The van der Waals surface area contributed by atoms with Gasteiger partial charge in [-0.05, 0) is 35.6 Å². The van der Waals surface area contributed by atoms with Gasteiger partial charge in [-0.1, -0.05) is 31.2 Å². The molecular weight excluding hydrogens is 456 g/mol. The van der Waals surface area contributed by atoms with Crippen molar-refractivity contribution in [3.05, 3.63) is 69.8 Å². The molecule has 0 N–H and O–H groups in total. The van der Waals surface area contributed by atoms with Crippen molar-refractivity contribution in [1.29, 1.82) is 0 Å². The minimum atomic E-state index is -5.50. The second-order valence-electron chi connectivity index (χ2n) is 6.71. The third-order valence-corrected chi connectivity index (χ3v) is 4.48. The number of benzene rings is 2. The molecule has 2 aromatic rings. The van der Waals surface area contributed by atoms with Gasteiger partial charge in [0.05, 0.1) is 22.3 Å². The van der Waals surface area contributed by atoms with Crippen LogP contribution in [0.4, 0.5) is 52.7 Å². The maximum absolute atomic E-state index is 13.4. The summed E-state index contributed by atoms with van der Waals surface area (Å²) in [7, 11) is 0. The lowest BCUT2D eigenvalue weighted by Crippen LogP contribution is -2.22. The van der Waals surface area contributed by atoms with Crippen molar-refractivity contribution in [3.8, 4) is 0 Å². The lowest BCUT2D eigenvalue weighted by molar-refractivity contribution is -0.163. The Bertz CT molecular complexity index is 929. The van der Waals surface area contributed by atoms with E-state index in [1.807, 2.05) is 0 Å². The summed E-state index contributed by atoms with van der Waals surface area (Å²) in [6.07, 6.45) is -22.8. The van der Waals surface area contributed by atoms with Crippen molar-refractivity contribution in [2.75, 3.05) is 0 Å². The van der Waals surface area contributed by atoms with Gasteiger partial charge in [-0.2, -0.15) is 52.7 Å². The summed E-state index contributed by atoms with van der Waals surface area (Å²) < 4.78 is 159. The molecule has 1 unspecified atom stereocenters. The van der Waals surface area contributed by atoms with E-state index in [-0.39, 0.29) is 12.1 Å². The van der Waals surface area contributed by atoms with Crippen molar-refractivity contribution in [2.24, 2.45) is 0 Å². The molecule has 0 heterocycles. The topological polar surface area (TPSA) is 0 Å². The molecule has 0 aliphatic heterocycles. The molecule has 172 valence electrons. The predicted molar refractivity (Wildman–Crippen MR) is 85.0 cm³/mol. The summed E-state index contributed by atoms with van der Waals surface area (Å²) >= 11 is 0. The average molecular weight is 468 g/mol. The average Bonchev–Trinajstić information content (AvgIpc) is 2.57. The lowest BCUT2D eigenvalue weighted by Gasteiger charge is -2.24. The third kappa shape index (κ3) is 5.45. The highest BCUT2D eigenvalue weighted by Crippen LogP contribution is 2.46. The number of rotatable bonds is 3. The van der Waals surface area contributed by atoms with Crippen LogP contribution in [0.3, 0.4) is 0 Å². The molecule has 2 rings (SSSR count). The van der Waals surface area contributed by atoms with Crippen molar-refractivity contribution < 1.29 is 52.7 Å². The lowest BCUT2D eigenvalue weighted by atomic mass is 9.85. The van der Waals surface area contributed by atoms with E-state index in [1.165, 1.54) is 0 Å². The van der Waals surface area contributed by atoms with E-state index >= 15 is 0 Å². The van der Waals surface area contributed by atoms with Gasteiger partial charge in [-0.3, -0.25) is 0 Å². The molecule has 0 bridgehead atoms. The molecule has 1 atom stereocenters. The zero-order valence-electron chi connectivity index (χ0n) is 15.3. The quantitative estimate of drug-likeness (QED) is 0.399. The standard InChI is InChI=1S/C19H12F12/c1-9(11-5-3-7-13(17(23,24)25)15(11)19(29,30)31)8-10-4-2-6-12(16(20,21)22)14(10)18(26,27)28/h2-7,9H,8H2,1H3. The summed E-state index contributed by atoms with van der Waals surface area (Å²) in [5.74, 6) is -1.62. The van der Waals surface area contributed by atoms with Gasteiger partial charge in [-0.25, -0.2) is 0 Å². The molecule has 0 saturated carbocycles. The number of halogens is 12. The van der Waals surface area contributed by atoms with E-state index in [2.05, 4.69) is 0 Å². The van der Waals surface area contributed by atoms with E-state index in [1.54, 1.807) is 0 Å². The van der Waals surface area contributed by atoms with Gasteiger partial charge < -0.3 is 0 Å². The van der Waals surface area contributed by atoms with E-state index in [0.29, 0.717) is 24.3 Å². The molecule has 0 nitrogen and oxygen atoms in total. The fourth-order valence-electron chi connectivity index (χ4n) is 3.31. The number of hydrogen-bond donors (Lipinski definition) is 0. The maximum Gasteiger partial charge on any atom is 0.417 e. The zero-order chi connectivity index (χ0) is 24.0. The van der Waals surface area contributed by atoms with Crippen molar-refractivity contribution in [1.82, 2.24) is 0 Å². The minimum Gasteiger partial charge on any atom is -0.166 e. The van der Waals surface area contributed by atoms with Crippen molar-refractivity contribution in [2.45, 2.75) is 44.0 Å². The third-order valence-electron chi connectivity index (χ3n) is 4.48. The molecule has 2 aromatic carbocycles. The Kier molecular flexibility index (Phi) is 6.37. The van der Waals surface area contributed by atoms with E-state index < -0.39 is 70.4 Å². The first-order chi connectivity index (χ1) is 13.8.